The predicted octanol–water partition coefficient (Wildman–Crippen LogP) is 4.68. The zero-order chi connectivity index (χ0) is 24.6. The summed E-state index contributed by atoms with van der Waals surface area (Å²) in [6, 6.07) is 13.4. The number of benzene rings is 2. The van der Waals surface area contributed by atoms with Gasteiger partial charge in [0.05, 0.1) is 5.70 Å². The third-order valence-corrected chi connectivity index (χ3v) is 6.42. The number of carbonyl (C=O) groups excluding carboxylic acids is 1. The van der Waals surface area contributed by atoms with Gasteiger partial charge in [0.2, 0.25) is 0 Å². The van der Waals surface area contributed by atoms with Crippen molar-refractivity contribution in [1.29, 1.82) is 5.41 Å². The maximum Gasteiger partial charge on any atom is 0.251 e. The van der Waals surface area contributed by atoms with Gasteiger partial charge in [-0.2, -0.15) is 0 Å². The van der Waals surface area contributed by atoms with Crippen molar-refractivity contribution in [3.05, 3.63) is 77.4 Å². The largest absolute Gasteiger partial charge is 0.398 e. The molecule has 182 valence electrons. The van der Waals surface area contributed by atoms with Gasteiger partial charge in [-0.25, -0.2) is 4.99 Å². The van der Waals surface area contributed by atoms with Crippen molar-refractivity contribution in [1.82, 2.24) is 10.2 Å². The molecule has 0 spiro atoms. The van der Waals surface area contributed by atoms with Crippen LogP contribution < -0.4 is 16.4 Å². The second-order valence-electron chi connectivity index (χ2n) is 9.16. The fraction of sp³-hybridized carbons (Fsp3) is 0.321. The highest BCUT2D eigenvalue weighted by molar-refractivity contribution is 6.07. The average molecular weight is 471 g/mol. The van der Waals surface area contributed by atoms with Gasteiger partial charge in [0.25, 0.3) is 5.91 Å². The smallest absolute Gasteiger partial charge is 0.251 e. The minimum atomic E-state index is -0.0339. The Morgan fingerprint density at radius 1 is 1.17 bits per heavy atom. The molecule has 0 bridgehead atoms. The maximum absolute atomic E-state index is 13.0. The van der Waals surface area contributed by atoms with Crippen LogP contribution in [0.3, 0.4) is 0 Å². The number of anilines is 2. The molecule has 1 fully saturated rings. The first-order valence-electron chi connectivity index (χ1n) is 12.2. The summed E-state index contributed by atoms with van der Waals surface area (Å²) >= 11 is 0. The molecule has 0 aliphatic carbocycles. The van der Waals surface area contributed by atoms with Crippen LogP contribution in [-0.4, -0.2) is 49.0 Å². The van der Waals surface area contributed by atoms with Gasteiger partial charge in [-0.15, -0.1) is 0 Å². The number of amides is 1. The molecule has 2 aliphatic rings. The molecule has 1 saturated heterocycles. The van der Waals surface area contributed by atoms with Crippen LogP contribution in [-0.2, 0) is 0 Å². The van der Waals surface area contributed by atoms with E-state index in [0.29, 0.717) is 22.6 Å². The molecular formula is C28H34N6O. The lowest BCUT2D eigenvalue weighted by atomic mass is 10.0. The van der Waals surface area contributed by atoms with Gasteiger partial charge < -0.3 is 26.7 Å². The first-order chi connectivity index (χ1) is 17.0. The number of hydrogen-bond donors (Lipinski definition) is 4. The Morgan fingerprint density at radius 2 is 2.00 bits per heavy atom. The molecule has 0 atom stereocenters. The lowest BCUT2D eigenvalue weighted by Crippen LogP contribution is -2.43. The average Bonchev–Trinajstić information content (AvgIpc) is 2.99. The number of hydrogen-bond acceptors (Lipinski definition) is 6. The van der Waals surface area contributed by atoms with Crippen LogP contribution in [0.25, 0.3) is 5.70 Å². The van der Waals surface area contributed by atoms with E-state index in [1.807, 2.05) is 42.5 Å². The minimum absolute atomic E-state index is 0.0339. The molecule has 0 unspecified atom stereocenters. The molecule has 0 radical (unpaired) electrons. The minimum Gasteiger partial charge on any atom is -0.398 e. The number of nitrogens with two attached hydrogens (primary N) is 1. The van der Waals surface area contributed by atoms with E-state index in [4.69, 9.17) is 16.1 Å². The lowest BCUT2D eigenvalue weighted by molar-refractivity contribution is 0.0917. The van der Waals surface area contributed by atoms with Gasteiger partial charge in [-0.1, -0.05) is 24.3 Å². The van der Waals surface area contributed by atoms with E-state index in [1.165, 1.54) is 6.21 Å². The van der Waals surface area contributed by atoms with Crippen LogP contribution in [0.1, 0.15) is 53.6 Å². The number of amidine groups is 1. The lowest BCUT2D eigenvalue weighted by Gasteiger charge is -2.29. The van der Waals surface area contributed by atoms with Crippen LogP contribution in [0.2, 0.25) is 0 Å². The number of piperidine rings is 1. The van der Waals surface area contributed by atoms with E-state index in [1.54, 1.807) is 6.07 Å². The summed E-state index contributed by atoms with van der Waals surface area (Å²) in [5.41, 5.74) is 10.4. The molecule has 2 aromatic carbocycles. The number of likely N-dealkylation sites (tertiary alicyclic amines) is 1. The molecule has 2 aromatic rings. The molecule has 4 rings (SSSR count). The van der Waals surface area contributed by atoms with Crippen molar-refractivity contribution in [3.63, 3.8) is 0 Å². The molecule has 0 aromatic heterocycles. The van der Waals surface area contributed by atoms with Gasteiger partial charge in [-0.3, -0.25) is 4.79 Å². The highest BCUT2D eigenvalue weighted by atomic mass is 16.1. The molecular weight excluding hydrogens is 436 g/mol. The zero-order valence-corrected chi connectivity index (χ0v) is 20.3. The van der Waals surface area contributed by atoms with Crippen molar-refractivity contribution in [2.75, 3.05) is 31.2 Å². The first-order valence-corrected chi connectivity index (χ1v) is 12.2. The number of rotatable bonds is 5. The molecule has 7 heteroatoms. The number of carbonyl (C=O) groups is 1. The van der Waals surface area contributed by atoms with Gasteiger partial charge in [0.15, 0.2) is 0 Å². The third kappa shape index (κ3) is 6.67. The second kappa shape index (κ2) is 11.6. The molecule has 35 heavy (non-hydrogen) atoms. The number of nitrogen functional groups attached to an aromatic ring is 1. The van der Waals surface area contributed by atoms with E-state index in [0.717, 1.165) is 62.1 Å². The van der Waals surface area contributed by atoms with Crippen molar-refractivity contribution < 1.29 is 4.79 Å². The Labute approximate surface area is 207 Å². The van der Waals surface area contributed by atoms with Gasteiger partial charge >= 0.3 is 0 Å². The molecule has 5 N–H and O–H groups in total. The Hall–Kier alpha value is -3.71. The van der Waals surface area contributed by atoms with Crippen molar-refractivity contribution >= 4 is 35.0 Å². The summed E-state index contributed by atoms with van der Waals surface area (Å²) in [5, 5.41) is 14.1. The zero-order valence-electron chi connectivity index (χ0n) is 20.3. The summed E-state index contributed by atoms with van der Waals surface area (Å²) in [6.45, 7) is 2.01. The van der Waals surface area contributed by atoms with Crippen LogP contribution in [0.4, 0.5) is 11.4 Å². The first kappa shape index (κ1) is 24.4. The monoisotopic (exact) mass is 470 g/mol. The normalized spacial score (nSPS) is 17.4. The summed E-state index contributed by atoms with van der Waals surface area (Å²) < 4.78 is 0. The Morgan fingerprint density at radius 3 is 2.80 bits per heavy atom. The SMILES string of the molecule is CN1CCC(NC(=O)c2cccc(C3=CCCCC=CC(Nc4ccc(N)c(C=N)c4)=N3)c2)CC1. The number of nitrogens with zero attached hydrogens (tertiary/aromatic N) is 2. The maximum atomic E-state index is 13.0. The van der Waals surface area contributed by atoms with E-state index in [2.05, 4.69) is 34.7 Å². The molecule has 1 amide bonds. The van der Waals surface area contributed by atoms with Crippen LogP contribution >= 0.6 is 0 Å². The molecule has 2 aliphatic heterocycles. The molecule has 0 saturated carbocycles. The van der Waals surface area contributed by atoms with Gasteiger partial charge in [0, 0.05) is 40.3 Å². The topological polar surface area (TPSA) is 107 Å². The van der Waals surface area contributed by atoms with E-state index >= 15 is 0 Å². The Balaban J connectivity index is 1.56. The summed E-state index contributed by atoms with van der Waals surface area (Å²) in [4.78, 5) is 20.2. The standard InChI is InChI=1S/C28H34N6O/c1-34-15-13-23(14-16-34)32-28(35)21-8-6-7-20(17-21)26-9-4-2-3-5-10-27(33-26)31-24-11-12-25(30)22(18-24)19-29/h5-12,17-19,23,29H,2-4,13-16,30H2,1H3,(H,31,33)(H,32,35). The van der Waals surface area contributed by atoms with Crippen LogP contribution in [0.15, 0.2) is 65.7 Å². The number of nitrogens with one attached hydrogen (secondary N) is 3. The van der Waals surface area contributed by atoms with Crippen LogP contribution in [0.5, 0.6) is 0 Å². The fourth-order valence-electron chi connectivity index (χ4n) is 4.30. The van der Waals surface area contributed by atoms with E-state index in [9.17, 15) is 4.79 Å². The van der Waals surface area contributed by atoms with Crippen molar-refractivity contribution in [2.24, 2.45) is 4.99 Å². The van der Waals surface area contributed by atoms with Gasteiger partial charge in [-0.05, 0) is 88.6 Å². The molecule has 2 heterocycles. The highest BCUT2D eigenvalue weighted by Crippen LogP contribution is 2.23. The van der Waals surface area contributed by atoms with Gasteiger partial charge in [0.1, 0.15) is 5.84 Å². The van der Waals surface area contributed by atoms with Crippen molar-refractivity contribution in [2.45, 2.75) is 38.1 Å². The van der Waals surface area contributed by atoms with E-state index < -0.39 is 0 Å². The summed E-state index contributed by atoms with van der Waals surface area (Å²) in [7, 11) is 2.12. The summed E-state index contributed by atoms with van der Waals surface area (Å²) in [6.07, 6.45) is 12.3. The quantitative estimate of drug-likeness (QED) is 0.376. The summed E-state index contributed by atoms with van der Waals surface area (Å²) in [5.74, 6) is 0.661. The highest BCUT2D eigenvalue weighted by Gasteiger charge is 2.19. The fourth-order valence-corrected chi connectivity index (χ4v) is 4.30. The number of aliphatic imine (C=N–C) groups is 1. The molecule has 7 nitrogen and oxygen atoms in total. The third-order valence-electron chi connectivity index (χ3n) is 6.42. The van der Waals surface area contributed by atoms with Crippen molar-refractivity contribution in [3.8, 4) is 0 Å². The Kier molecular flexibility index (Phi) is 8.11. The number of allylic oxidation sites excluding steroid dienone is 2. The van der Waals surface area contributed by atoms with E-state index in [-0.39, 0.29) is 11.9 Å². The predicted molar refractivity (Wildman–Crippen MR) is 145 cm³/mol. The second-order valence-corrected chi connectivity index (χ2v) is 9.16. The van der Waals surface area contributed by atoms with Crippen LogP contribution in [0, 0.1) is 5.41 Å². The Bertz CT molecular complexity index is 1160.